The molecule has 0 amide bonds. The molecule has 0 saturated carbocycles. The SMILES string of the molecule is Fc1cccc2c(-c3cccc(OC(F)(F)F)c3)cccc12. The molecule has 0 aliphatic carbocycles. The van der Waals surface area contributed by atoms with Crippen molar-refractivity contribution < 1.29 is 22.3 Å². The van der Waals surface area contributed by atoms with Crippen molar-refractivity contribution in [2.75, 3.05) is 0 Å². The Labute approximate surface area is 123 Å². The van der Waals surface area contributed by atoms with E-state index in [0.29, 0.717) is 21.9 Å². The maximum atomic E-state index is 13.8. The molecular weight excluding hydrogens is 296 g/mol. The first-order chi connectivity index (χ1) is 10.4. The predicted molar refractivity (Wildman–Crippen MR) is 76.0 cm³/mol. The Morgan fingerprint density at radius 1 is 0.773 bits per heavy atom. The standard InChI is InChI=1S/C17H10F4O/c18-16-9-3-7-14-13(6-2-8-15(14)16)11-4-1-5-12(10-11)22-17(19,20)21/h1-10H. The zero-order valence-electron chi connectivity index (χ0n) is 11.2. The van der Waals surface area contributed by atoms with Crippen molar-refractivity contribution >= 4 is 10.8 Å². The maximum Gasteiger partial charge on any atom is 0.573 e. The van der Waals surface area contributed by atoms with Crippen molar-refractivity contribution in [3.63, 3.8) is 0 Å². The van der Waals surface area contributed by atoms with E-state index < -0.39 is 6.36 Å². The molecule has 0 aliphatic heterocycles. The summed E-state index contributed by atoms with van der Waals surface area (Å²) in [7, 11) is 0. The van der Waals surface area contributed by atoms with Crippen LogP contribution >= 0.6 is 0 Å². The van der Waals surface area contributed by atoms with E-state index in [1.807, 2.05) is 0 Å². The average molecular weight is 306 g/mol. The van der Waals surface area contributed by atoms with Crippen LogP contribution in [0.5, 0.6) is 5.75 Å². The summed E-state index contributed by atoms with van der Waals surface area (Å²) < 4.78 is 54.7. The number of halogens is 4. The lowest BCUT2D eigenvalue weighted by atomic mass is 9.98. The van der Waals surface area contributed by atoms with Crippen LogP contribution in [-0.2, 0) is 0 Å². The second kappa shape index (κ2) is 5.33. The fourth-order valence-electron chi connectivity index (χ4n) is 2.38. The highest BCUT2D eigenvalue weighted by atomic mass is 19.4. The van der Waals surface area contributed by atoms with Gasteiger partial charge in [0.1, 0.15) is 11.6 Å². The molecule has 1 nitrogen and oxygen atoms in total. The van der Waals surface area contributed by atoms with E-state index in [9.17, 15) is 17.6 Å². The molecule has 3 aromatic carbocycles. The molecule has 0 unspecified atom stereocenters. The topological polar surface area (TPSA) is 9.23 Å². The van der Waals surface area contributed by atoms with Crippen molar-refractivity contribution in [2.24, 2.45) is 0 Å². The lowest BCUT2D eigenvalue weighted by molar-refractivity contribution is -0.274. The number of hydrogen-bond acceptors (Lipinski definition) is 1. The highest BCUT2D eigenvalue weighted by molar-refractivity contribution is 5.97. The minimum atomic E-state index is -4.75. The minimum Gasteiger partial charge on any atom is -0.406 e. The molecule has 0 heterocycles. The van der Waals surface area contributed by atoms with Gasteiger partial charge in [0, 0.05) is 5.39 Å². The zero-order chi connectivity index (χ0) is 15.7. The van der Waals surface area contributed by atoms with Crippen molar-refractivity contribution in [2.45, 2.75) is 6.36 Å². The van der Waals surface area contributed by atoms with Gasteiger partial charge in [0.05, 0.1) is 0 Å². The molecule has 112 valence electrons. The second-order valence-electron chi connectivity index (χ2n) is 4.72. The van der Waals surface area contributed by atoms with E-state index in [0.717, 1.165) is 0 Å². The van der Waals surface area contributed by atoms with Crippen molar-refractivity contribution in [3.8, 4) is 16.9 Å². The van der Waals surface area contributed by atoms with Crippen molar-refractivity contribution in [3.05, 3.63) is 66.5 Å². The smallest absolute Gasteiger partial charge is 0.406 e. The summed E-state index contributed by atoms with van der Waals surface area (Å²) in [5, 5.41) is 1.05. The highest BCUT2D eigenvalue weighted by Crippen LogP contribution is 2.33. The Morgan fingerprint density at radius 2 is 1.45 bits per heavy atom. The third kappa shape index (κ3) is 2.88. The summed E-state index contributed by atoms with van der Waals surface area (Å²) in [5.74, 6) is -0.680. The van der Waals surface area contributed by atoms with E-state index in [1.54, 1.807) is 36.4 Å². The largest absolute Gasteiger partial charge is 0.573 e. The Morgan fingerprint density at radius 3 is 2.23 bits per heavy atom. The molecule has 0 radical (unpaired) electrons. The van der Waals surface area contributed by atoms with Crippen LogP contribution in [0.15, 0.2) is 60.7 Å². The molecule has 5 heteroatoms. The Balaban J connectivity index is 2.12. The lowest BCUT2D eigenvalue weighted by Gasteiger charge is -2.11. The fraction of sp³-hybridized carbons (Fsp3) is 0.0588. The summed E-state index contributed by atoms with van der Waals surface area (Å²) >= 11 is 0. The number of benzene rings is 3. The molecule has 0 spiro atoms. The molecule has 3 aromatic rings. The normalized spacial score (nSPS) is 11.6. The Bertz CT molecular complexity index is 824. The van der Waals surface area contributed by atoms with Crippen LogP contribution in [0.4, 0.5) is 17.6 Å². The lowest BCUT2D eigenvalue weighted by Crippen LogP contribution is -2.17. The van der Waals surface area contributed by atoms with Gasteiger partial charge < -0.3 is 4.74 Å². The summed E-state index contributed by atoms with van der Waals surface area (Å²) in [5.41, 5.74) is 1.17. The van der Waals surface area contributed by atoms with E-state index in [1.165, 1.54) is 24.3 Å². The Hall–Kier alpha value is -2.56. The number of fused-ring (bicyclic) bond motifs is 1. The van der Waals surface area contributed by atoms with Gasteiger partial charge in [-0.2, -0.15) is 0 Å². The van der Waals surface area contributed by atoms with Gasteiger partial charge in [-0.25, -0.2) is 4.39 Å². The predicted octanol–water partition coefficient (Wildman–Crippen LogP) is 5.54. The van der Waals surface area contributed by atoms with Gasteiger partial charge in [-0.1, -0.05) is 42.5 Å². The number of alkyl halides is 3. The van der Waals surface area contributed by atoms with E-state index in [4.69, 9.17) is 0 Å². The van der Waals surface area contributed by atoms with Crippen molar-refractivity contribution in [1.29, 1.82) is 0 Å². The molecular formula is C17H10F4O. The molecule has 0 atom stereocenters. The van der Waals surface area contributed by atoms with E-state index in [-0.39, 0.29) is 11.6 Å². The first-order valence-corrected chi connectivity index (χ1v) is 6.47. The van der Waals surface area contributed by atoms with Crippen LogP contribution in [0.3, 0.4) is 0 Å². The molecule has 0 aliphatic rings. The molecule has 22 heavy (non-hydrogen) atoms. The number of hydrogen-bond donors (Lipinski definition) is 0. The molecule has 3 rings (SSSR count). The molecule has 0 fully saturated rings. The number of ether oxygens (including phenoxy) is 1. The molecule has 0 bridgehead atoms. The minimum absolute atomic E-state index is 0.307. The van der Waals surface area contributed by atoms with Gasteiger partial charge in [0.25, 0.3) is 0 Å². The quantitative estimate of drug-likeness (QED) is 0.564. The van der Waals surface area contributed by atoms with Gasteiger partial charge in [-0.3, -0.25) is 0 Å². The Kier molecular flexibility index (Phi) is 3.48. The van der Waals surface area contributed by atoms with Gasteiger partial charge in [0.2, 0.25) is 0 Å². The van der Waals surface area contributed by atoms with Crippen LogP contribution in [0, 0.1) is 5.82 Å². The molecule has 0 N–H and O–H groups in total. The van der Waals surface area contributed by atoms with E-state index in [2.05, 4.69) is 4.74 Å². The van der Waals surface area contributed by atoms with E-state index >= 15 is 0 Å². The third-order valence-electron chi connectivity index (χ3n) is 3.25. The molecule has 0 aromatic heterocycles. The monoisotopic (exact) mass is 306 g/mol. The summed E-state index contributed by atoms with van der Waals surface area (Å²) in [6.45, 7) is 0. The first-order valence-electron chi connectivity index (χ1n) is 6.47. The van der Waals surface area contributed by atoms with Gasteiger partial charge in [0.15, 0.2) is 0 Å². The summed E-state index contributed by atoms with van der Waals surface area (Å²) in [6, 6.07) is 15.3. The fourth-order valence-corrected chi connectivity index (χ4v) is 2.38. The van der Waals surface area contributed by atoms with Gasteiger partial charge in [-0.05, 0) is 34.7 Å². The third-order valence-corrected chi connectivity index (χ3v) is 3.25. The van der Waals surface area contributed by atoms with Crippen LogP contribution in [0.1, 0.15) is 0 Å². The zero-order valence-corrected chi connectivity index (χ0v) is 11.2. The summed E-state index contributed by atoms with van der Waals surface area (Å²) in [4.78, 5) is 0. The van der Waals surface area contributed by atoms with Gasteiger partial charge in [-0.15, -0.1) is 13.2 Å². The van der Waals surface area contributed by atoms with Crippen molar-refractivity contribution in [1.82, 2.24) is 0 Å². The van der Waals surface area contributed by atoms with Crippen LogP contribution in [-0.4, -0.2) is 6.36 Å². The van der Waals surface area contributed by atoms with Crippen LogP contribution < -0.4 is 4.74 Å². The average Bonchev–Trinajstić information content (AvgIpc) is 2.46. The maximum absolute atomic E-state index is 13.8. The highest BCUT2D eigenvalue weighted by Gasteiger charge is 2.31. The second-order valence-corrected chi connectivity index (χ2v) is 4.72. The number of rotatable bonds is 2. The van der Waals surface area contributed by atoms with Gasteiger partial charge >= 0.3 is 6.36 Å². The summed E-state index contributed by atoms with van der Waals surface area (Å²) in [6.07, 6.45) is -4.75. The van der Waals surface area contributed by atoms with Crippen LogP contribution in [0.25, 0.3) is 21.9 Å². The van der Waals surface area contributed by atoms with Crippen LogP contribution in [0.2, 0.25) is 0 Å². The first kappa shape index (κ1) is 14.4. The molecule has 0 saturated heterocycles.